The van der Waals surface area contributed by atoms with Crippen LogP contribution in [0, 0.1) is 11.6 Å². The van der Waals surface area contributed by atoms with Gasteiger partial charge in [0, 0.05) is 31.7 Å². The van der Waals surface area contributed by atoms with Crippen LogP contribution in [0.3, 0.4) is 0 Å². The maximum absolute atomic E-state index is 13.5. The average molecular weight is 276 g/mol. The van der Waals surface area contributed by atoms with E-state index in [0.717, 1.165) is 12.1 Å². The van der Waals surface area contributed by atoms with Crippen LogP contribution in [-0.4, -0.2) is 38.4 Å². The Morgan fingerprint density at radius 2 is 2.11 bits per heavy atom. The van der Waals surface area contributed by atoms with Crippen molar-refractivity contribution >= 4 is 10.0 Å². The van der Waals surface area contributed by atoms with Crippen molar-refractivity contribution in [1.29, 1.82) is 0 Å². The zero-order chi connectivity index (χ0) is 13.3. The van der Waals surface area contributed by atoms with Crippen LogP contribution in [0.1, 0.15) is 6.92 Å². The Hall–Kier alpha value is -1.05. The van der Waals surface area contributed by atoms with Gasteiger partial charge >= 0.3 is 0 Å². The first-order chi connectivity index (χ1) is 8.41. The Morgan fingerprint density at radius 3 is 2.72 bits per heavy atom. The smallest absolute Gasteiger partial charge is 0.246 e. The molecule has 1 unspecified atom stereocenters. The first kappa shape index (κ1) is 13.4. The molecule has 0 saturated carbocycles. The lowest BCUT2D eigenvalue weighted by atomic mass is 10.3. The number of nitrogens with one attached hydrogen (secondary N) is 1. The third kappa shape index (κ3) is 2.52. The molecule has 4 nitrogen and oxygen atoms in total. The van der Waals surface area contributed by atoms with Crippen molar-refractivity contribution in [3.8, 4) is 0 Å². The molecule has 1 heterocycles. The number of halogens is 2. The van der Waals surface area contributed by atoms with Gasteiger partial charge in [0.2, 0.25) is 10.0 Å². The van der Waals surface area contributed by atoms with E-state index in [1.807, 2.05) is 6.92 Å². The Bertz CT molecular complexity index is 548. The minimum absolute atomic E-state index is 0.0111. The number of piperazine rings is 1. The van der Waals surface area contributed by atoms with Crippen molar-refractivity contribution in [3.05, 3.63) is 29.8 Å². The van der Waals surface area contributed by atoms with Gasteiger partial charge in [-0.15, -0.1) is 0 Å². The van der Waals surface area contributed by atoms with E-state index in [1.54, 1.807) is 0 Å². The lowest BCUT2D eigenvalue weighted by molar-refractivity contribution is 0.309. The minimum atomic E-state index is -3.89. The zero-order valence-electron chi connectivity index (χ0n) is 9.86. The molecule has 0 aromatic heterocycles. The molecule has 0 bridgehead atoms. The highest BCUT2D eigenvalue weighted by molar-refractivity contribution is 7.89. The van der Waals surface area contributed by atoms with Crippen molar-refractivity contribution in [1.82, 2.24) is 9.62 Å². The van der Waals surface area contributed by atoms with Gasteiger partial charge < -0.3 is 5.32 Å². The van der Waals surface area contributed by atoms with Gasteiger partial charge in [-0.1, -0.05) is 0 Å². The number of nitrogens with zero attached hydrogens (tertiary/aromatic N) is 1. The second-order valence-corrected chi connectivity index (χ2v) is 6.20. The summed E-state index contributed by atoms with van der Waals surface area (Å²) in [5, 5.41) is 3.10. The van der Waals surface area contributed by atoms with Crippen molar-refractivity contribution < 1.29 is 17.2 Å². The largest absolute Gasteiger partial charge is 0.312 e. The van der Waals surface area contributed by atoms with Crippen LogP contribution in [0.2, 0.25) is 0 Å². The Labute approximate surface area is 105 Å². The van der Waals surface area contributed by atoms with Gasteiger partial charge in [-0.25, -0.2) is 17.2 Å². The number of sulfonamides is 1. The molecule has 1 aromatic carbocycles. The van der Waals surface area contributed by atoms with Crippen LogP contribution in [0.4, 0.5) is 8.78 Å². The van der Waals surface area contributed by atoms with Gasteiger partial charge in [-0.2, -0.15) is 4.31 Å². The molecule has 1 aliphatic rings. The Kier molecular flexibility index (Phi) is 3.65. The molecule has 2 rings (SSSR count). The normalized spacial score (nSPS) is 22.1. The van der Waals surface area contributed by atoms with Crippen LogP contribution in [0.15, 0.2) is 23.1 Å². The summed E-state index contributed by atoms with van der Waals surface area (Å²) >= 11 is 0. The maximum atomic E-state index is 13.5. The molecular weight excluding hydrogens is 262 g/mol. The summed E-state index contributed by atoms with van der Waals surface area (Å²) in [5.41, 5.74) is 0. The second kappa shape index (κ2) is 4.91. The first-order valence-electron chi connectivity index (χ1n) is 5.60. The third-order valence-corrected chi connectivity index (χ3v) is 4.74. The summed E-state index contributed by atoms with van der Waals surface area (Å²) in [7, 11) is -3.89. The standard InChI is InChI=1S/C11H14F2N2O2S/c1-8-7-15(5-4-14-8)18(16,17)11-3-2-9(12)6-10(11)13/h2-3,6,8,14H,4-5,7H2,1H3. The van der Waals surface area contributed by atoms with E-state index in [2.05, 4.69) is 5.32 Å². The van der Waals surface area contributed by atoms with E-state index >= 15 is 0 Å². The fraction of sp³-hybridized carbons (Fsp3) is 0.455. The zero-order valence-corrected chi connectivity index (χ0v) is 10.7. The van der Waals surface area contributed by atoms with Crippen LogP contribution in [-0.2, 0) is 10.0 Å². The molecule has 100 valence electrons. The minimum Gasteiger partial charge on any atom is -0.312 e. The predicted molar refractivity (Wildman–Crippen MR) is 62.6 cm³/mol. The molecular formula is C11H14F2N2O2S. The highest BCUT2D eigenvalue weighted by Crippen LogP contribution is 2.21. The summed E-state index contributed by atoms with van der Waals surface area (Å²) < 4.78 is 51.9. The summed E-state index contributed by atoms with van der Waals surface area (Å²) in [6.45, 7) is 2.93. The Morgan fingerprint density at radius 1 is 1.39 bits per heavy atom. The van der Waals surface area contributed by atoms with Crippen LogP contribution >= 0.6 is 0 Å². The summed E-state index contributed by atoms with van der Waals surface area (Å²) in [6.07, 6.45) is 0. The van der Waals surface area contributed by atoms with E-state index in [-0.39, 0.29) is 19.1 Å². The fourth-order valence-corrected chi connectivity index (χ4v) is 3.51. The van der Waals surface area contributed by atoms with Crippen LogP contribution in [0.5, 0.6) is 0 Å². The van der Waals surface area contributed by atoms with E-state index in [0.29, 0.717) is 12.6 Å². The van der Waals surface area contributed by atoms with Gasteiger partial charge in [-0.05, 0) is 19.1 Å². The SMILES string of the molecule is CC1CN(S(=O)(=O)c2ccc(F)cc2F)CCN1. The van der Waals surface area contributed by atoms with E-state index < -0.39 is 26.6 Å². The van der Waals surface area contributed by atoms with Gasteiger partial charge in [0.15, 0.2) is 0 Å². The molecule has 18 heavy (non-hydrogen) atoms. The number of hydrogen-bond acceptors (Lipinski definition) is 3. The summed E-state index contributed by atoms with van der Waals surface area (Å²) in [6, 6.07) is 2.50. The topological polar surface area (TPSA) is 49.4 Å². The number of hydrogen-bond donors (Lipinski definition) is 1. The predicted octanol–water partition coefficient (Wildman–Crippen LogP) is 0.947. The molecule has 0 radical (unpaired) electrons. The van der Waals surface area contributed by atoms with E-state index in [4.69, 9.17) is 0 Å². The van der Waals surface area contributed by atoms with Gasteiger partial charge in [-0.3, -0.25) is 0 Å². The summed E-state index contributed by atoms with van der Waals surface area (Å²) in [5.74, 6) is -1.85. The van der Waals surface area contributed by atoms with Gasteiger partial charge in [0.05, 0.1) is 0 Å². The molecule has 0 spiro atoms. The maximum Gasteiger partial charge on any atom is 0.246 e. The van der Waals surface area contributed by atoms with Gasteiger partial charge in [0.25, 0.3) is 0 Å². The average Bonchev–Trinajstić information content (AvgIpc) is 2.28. The monoisotopic (exact) mass is 276 g/mol. The molecule has 1 N–H and O–H groups in total. The molecule has 1 fully saturated rings. The molecule has 7 heteroatoms. The quantitative estimate of drug-likeness (QED) is 0.875. The molecule has 1 aliphatic heterocycles. The van der Waals surface area contributed by atoms with Crippen molar-refractivity contribution in [2.45, 2.75) is 17.9 Å². The number of rotatable bonds is 2. The van der Waals surface area contributed by atoms with Crippen molar-refractivity contribution in [2.75, 3.05) is 19.6 Å². The highest BCUT2D eigenvalue weighted by Gasteiger charge is 2.30. The third-order valence-electron chi connectivity index (χ3n) is 2.84. The Balaban J connectivity index is 2.35. The fourth-order valence-electron chi connectivity index (χ4n) is 1.94. The van der Waals surface area contributed by atoms with Crippen molar-refractivity contribution in [2.24, 2.45) is 0 Å². The van der Waals surface area contributed by atoms with Crippen LogP contribution < -0.4 is 5.32 Å². The molecule has 0 aliphatic carbocycles. The molecule has 1 saturated heterocycles. The summed E-state index contributed by atoms with van der Waals surface area (Å²) in [4.78, 5) is -0.474. The van der Waals surface area contributed by atoms with E-state index in [1.165, 1.54) is 4.31 Å². The molecule has 1 aromatic rings. The second-order valence-electron chi connectivity index (χ2n) is 4.29. The van der Waals surface area contributed by atoms with Gasteiger partial charge in [0.1, 0.15) is 16.5 Å². The number of benzene rings is 1. The molecule has 1 atom stereocenters. The highest BCUT2D eigenvalue weighted by atomic mass is 32.2. The lowest BCUT2D eigenvalue weighted by Crippen LogP contribution is -2.51. The van der Waals surface area contributed by atoms with Crippen molar-refractivity contribution in [3.63, 3.8) is 0 Å². The lowest BCUT2D eigenvalue weighted by Gasteiger charge is -2.31. The first-order valence-corrected chi connectivity index (χ1v) is 7.04. The van der Waals surface area contributed by atoms with Crippen LogP contribution in [0.25, 0.3) is 0 Å². The molecule has 0 amide bonds. The van der Waals surface area contributed by atoms with E-state index in [9.17, 15) is 17.2 Å².